The van der Waals surface area contributed by atoms with Crippen LogP contribution in [0.5, 0.6) is 0 Å². The molecule has 0 N–H and O–H groups in total. The van der Waals surface area contributed by atoms with Gasteiger partial charge in [0.05, 0.1) is 11.7 Å². The van der Waals surface area contributed by atoms with Crippen LogP contribution in [0.3, 0.4) is 0 Å². The van der Waals surface area contributed by atoms with Gasteiger partial charge >= 0.3 is 0 Å². The minimum absolute atomic E-state index is 0.00172. The fraction of sp³-hybridized carbons (Fsp3) is 0.647. The molecule has 0 saturated carbocycles. The molecule has 2 aliphatic rings. The fourth-order valence-electron chi connectivity index (χ4n) is 3.51. The molecule has 3 rings (SSSR count). The summed E-state index contributed by atoms with van der Waals surface area (Å²) in [6, 6.07) is 0.00172. The molecule has 6 nitrogen and oxygen atoms in total. The molecule has 23 heavy (non-hydrogen) atoms. The summed E-state index contributed by atoms with van der Waals surface area (Å²) in [7, 11) is 0. The number of piperidine rings is 1. The summed E-state index contributed by atoms with van der Waals surface area (Å²) >= 11 is 0. The van der Waals surface area contributed by atoms with E-state index >= 15 is 0 Å². The van der Waals surface area contributed by atoms with Crippen LogP contribution in [-0.4, -0.2) is 44.7 Å². The molecule has 6 heteroatoms. The molecule has 1 fully saturated rings. The molecule has 1 aromatic rings. The van der Waals surface area contributed by atoms with E-state index in [1.165, 1.54) is 0 Å². The van der Waals surface area contributed by atoms with E-state index in [0.717, 1.165) is 55.9 Å². The quantitative estimate of drug-likeness (QED) is 0.835. The summed E-state index contributed by atoms with van der Waals surface area (Å²) in [5, 5.41) is 0. The average molecular weight is 316 g/mol. The topological polar surface area (TPSA) is 66.4 Å². The molecule has 1 atom stereocenters. The Hall–Kier alpha value is -1.98. The number of likely N-dealkylation sites (tertiary alicyclic amines) is 1. The standard InChI is InChI=1S/C17H24N4O2/c1-3-16(23)20-9-7-14-13(11-20)10-18-17(19-14)15-6-4-5-8-21(15)12(2)22/h10,15H,3-9,11H2,1-2H3. The molecular formula is C17H24N4O2. The highest BCUT2D eigenvalue weighted by Crippen LogP contribution is 2.29. The van der Waals surface area contributed by atoms with Crippen molar-refractivity contribution < 1.29 is 9.59 Å². The van der Waals surface area contributed by atoms with Gasteiger partial charge in [0.15, 0.2) is 5.82 Å². The van der Waals surface area contributed by atoms with Gasteiger partial charge in [-0.05, 0) is 19.3 Å². The Morgan fingerprint density at radius 3 is 2.87 bits per heavy atom. The van der Waals surface area contributed by atoms with Gasteiger partial charge in [-0.2, -0.15) is 0 Å². The zero-order valence-corrected chi connectivity index (χ0v) is 13.9. The summed E-state index contributed by atoms with van der Waals surface area (Å²) in [4.78, 5) is 36.7. The predicted molar refractivity (Wildman–Crippen MR) is 85.4 cm³/mol. The Labute approximate surface area is 136 Å². The maximum Gasteiger partial charge on any atom is 0.222 e. The summed E-state index contributed by atoms with van der Waals surface area (Å²) in [5.74, 6) is 1.03. The smallest absolute Gasteiger partial charge is 0.222 e. The second-order valence-corrected chi connectivity index (χ2v) is 6.34. The van der Waals surface area contributed by atoms with Crippen molar-refractivity contribution in [3.63, 3.8) is 0 Å². The highest BCUT2D eigenvalue weighted by molar-refractivity contribution is 5.76. The van der Waals surface area contributed by atoms with Gasteiger partial charge < -0.3 is 9.80 Å². The van der Waals surface area contributed by atoms with Gasteiger partial charge in [-0.1, -0.05) is 6.92 Å². The number of amides is 2. The van der Waals surface area contributed by atoms with E-state index in [-0.39, 0.29) is 17.9 Å². The average Bonchev–Trinajstić information content (AvgIpc) is 2.60. The van der Waals surface area contributed by atoms with Crippen molar-refractivity contribution in [3.05, 3.63) is 23.3 Å². The van der Waals surface area contributed by atoms with Gasteiger partial charge in [0.25, 0.3) is 0 Å². The van der Waals surface area contributed by atoms with Crippen molar-refractivity contribution in [1.82, 2.24) is 19.8 Å². The molecule has 2 amide bonds. The maximum atomic E-state index is 11.8. The van der Waals surface area contributed by atoms with Crippen molar-refractivity contribution in [2.45, 2.75) is 58.5 Å². The van der Waals surface area contributed by atoms with Crippen LogP contribution in [0.4, 0.5) is 0 Å². The normalized spacial score (nSPS) is 21.0. The lowest BCUT2D eigenvalue weighted by Crippen LogP contribution is -2.39. The summed E-state index contributed by atoms with van der Waals surface area (Å²) in [5.41, 5.74) is 2.07. The first-order valence-corrected chi connectivity index (χ1v) is 8.49. The second-order valence-electron chi connectivity index (χ2n) is 6.34. The number of carbonyl (C=O) groups excluding carboxylic acids is 2. The molecule has 0 aromatic carbocycles. The highest BCUT2D eigenvalue weighted by Gasteiger charge is 2.29. The Balaban J connectivity index is 1.81. The summed E-state index contributed by atoms with van der Waals surface area (Å²) in [6.07, 6.45) is 6.23. The van der Waals surface area contributed by atoms with Crippen LogP contribution in [0.2, 0.25) is 0 Å². The Morgan fingerprint density at radius 1 is 1.30 bits per heavy atom. The molecule has 124 valence electrons. The minimum Gasteiger partial charge on any atom is -0.338 e. The van der Waals surface area contributed by atoms with Crippen LogP contribution in [0.1, 0.15) is 62.7 Å². The Bertz CT molecular complexity index is 617. The van der Waals surface area contributed by atoms with E-state index in [0.29, 0.717) is 13.0 Å². The molecule has 3 heterocycles. The van der Waals surface area contributed by atoms with Crippen molar-refractivity contribution >= 4 is 11.8 Å². The third-order valence-electron chi connectivity index (χ3n) is 4.81. The van der Waals surface area contributed by atoms with E-state index in [4.69, 9.17) is 4.98 Å². The minimum atomic E-state index is 0.00172. The molecule has 1 unspecified atom stereocenters. The number of carbonyl (C=O) groups is 2. The predicted octanol–water partition coefficient (Wildman–Crippen LogP) is 1.84. The van der Waals surface area contributed by atoms with Crippen molar-refractivity contribution in [2.24, 2.45) is 0 Å². The van der Waals surface area contributed by atoms with Gasteiger partial charge in [0.2, 0.25) is 11.8 Å². The van der Waals surface area contributed by atoms with Crippen LogP contribution >= 0.6 is 0 Å². The van der Waals surface area contributed by atoms with Crippen molar-refractivity contribution in [2.75, 3.05) is 13.1 Å². The maximum absolute atomic E-state index is 11.8. The van der Waals surface area contributed by atoms with Gasteiger partial charge in [-0.15, -0.1) is 0 Å². The molecule has 0 bridgehead atoms. The molecule has 1 aromatic heterocycles. The third-order valence-corrected chi connectivity index (χ3v) is 4.81. The molecule has 0 radical (unpaired) electrons. The molecule has 0 aliphatic carbocycles. The van der Waals surface area contributed by atoms with E-state index in [1.54, 1.807) is 6.92 Å². The number of nitrogens with zero attached hydrogens (tertiary/aromatic N) is 4. The zero-order valence-electron chi connectivity index (χ0n) is 13.9. The van der Waals surface area contributed by atoms with Crippen molar-refractivity contribution in [1.29, 1.82) is 0 Å². The lowest BCUT2D eigenvalue weighted by molar-refractivity contribution is -0.133. The lowest BCUT2D eigenvalue weighted by Gasteiger charge is -2.35. The molecule has 1 saturated heterocycles. The van der Waals surface area contributed by atoms with Gasteiger partial charge in [0.1, 0.15) is 0 Å². The van der Waals surface area contributed by atoms with Crippen molar-refractivity contribution in [3.8, 4) is 0 Å². The first-order valence-electron chi connectivity index (χ1n) is 8.49. The first kappa shape index (κ1) is 15.9. The van der Waals surface area contributed by atoms with E-state index in [2.05, 4.69) is 4.98 Å². The lowest BCUT2D eigenvalue weighted by atomic mass is 10.0. The third kappa shape index (κ3) is 3.21. The zero-order chi connectivity index (χ0) is 16.4. The number of hydrogen-bond acceptors (Lipinski definition) is 4. The van der Waals surface area contributed by atoms with E-state index in [1.807, 2.05) is 22.9 Å². The Kier molecular flexibility index (Phi) is 4.59. The molecule has 0 spiro atoms. The second kappa shape index (κ2) is 6.64. The Morgan fingerprint density at radius 2 is 2.13 bits per heavy atom. The highest BCUT2D eigenvalue weighted by atomic mass is 16.2. The number of aromatic nitrogens is 2. The number of fused-ring (bicyclic) bond motifs is 1. The van der Waals surface area contributed by atoms with Crippen LogP contribution < -0.4 is 0 Å². The van der Waals surface area contributed by atoms with Crippen LogP contribution in [0, 0.1) is 0 Å². The molecular weight excluding hydrogens is 292 g/mol. The summed E-state index contributed by atoms with van der Waals surface area (Å²) < 4.78 is 0. The van der Waals surface area contributed by atoms with E-state index < -0.39 is 0 Å². The fourth-order valence-corrected chi connectivity index (χ4v) is 3.51. The first-order chi connectivity index (χ1) is 11.1. The molecule has 2 aliphatic heterocycles. The van der Waals surface area contributed by atoms with Crippen LogP contribution in [0.25, 0.3) is 0 Å². The number of rotatable bonds is 2. The van der Waals surface area contributed by atoms with Crippen LogP contribution in [0.15, 0.2) is 6.20 Å². The van der Waals surface area contributed by atoms with Crippen LogP contribution in [-0.2, 0) is 22.6 Å². The largest absolute Gasteiger partial charge is 0.338 e. The van der Waals surface area contributed by atoms with Gasteiger partial charge in [-0.3, -0.25) is 9.59 Å². The van der Waals surface area contributed by atoms with Gasteiger partial charge in [-0.25, -0.2) is 9.97 Å². The van der Waals surface area contributed by atoms with Gasteiger partial charge in [0, 0.05) is 51.2 Å². The number of hydrogen-bond donors (Lipinski definition) is 0. The SMILES string of the molecule is CCC(=O)N1CCc2nc(C3CCCCN3C(C)=O)ncc2C1. The van der Waals surface area contributed by atoms with E-state index in [9.17, 15) is 9.59 Å². The monoisotopic (exact) mass is 316 g/mol. The summed E-state index contributed by atoms with van der Waals surface area (Å²) in [6.45, 7) is 5.61.